The Morgan fingerprint density at radius 2 is 1.56 bits per heavy atom. The molecule has 0 fully saturated rings. The van der Waals surface area contributed by atoms with Crippen LogP contribution in [0.1, 0.15) is 37.6 Å². The molecular formula is C20H23N3O3S. The number of benzene rings is 2. The lowest BCUT2D eigenvalue weighted by molar-refractivity contribution is -0.117. The van der Waals surface area contributed by atoms with Gasteiger partial charge in [0.05, 0.1) is 6.10 Å². The van der Waals surface area contributed by atoms with Crippen LogP contribution < -0.4 is 20.7 Å². The van der Waals surface area contributed by atoms with Crippen molar-refractivity contribution in [3.05, 3.63) is 54.1 Å². The average Bonchev–Trinajstić information content (AvgIpc) is 2.63. The van der Waals surface area contributed by atoms with Gasteiger partial charge in [-0.15, -0.1) is 0 Å². The molecule has 2 rings (SSSR count). The largest absolute Gasteiger partial charge is 0.491 e. The lowest BCUT2D eigenvalue weighted by Gasteiger charge is -2.13. The summed E-state index contributed by atoms with van der Waals surface area (Å²) in [6.45, 7) is 5.44. The van der Waals surface area contributed by atoms with E-state index in [4.69, 9.17) is 17.0 Å². The van der Waals surface area contributed by atoms with Crippen molar-refractivity contribution in [1.29, 1.82) is 0 Å². The van der Waals surface area contributed by atoms with Crippen molar-refractivity contribution in [3.63, 3.8) is 0 Å². The minimum absolute atomic E-state index is 0.135. The molecule has 2 aromatic carbocycles. The van der Waals surface area contributed by atoms with Crippen LogP contribution in [0.15, 0.2) is 48.5 Å². The van der Waals surface area contributed by atoms with Crippen molar-refractivity contribution >= 4 is 40.5 Å². The van der Waals surface area contributed by atoms with Crippen LogP contribution in [0.2, 0.25) is 0 Å². The maximum absolute atomic E-state index is 12.4. The molecule has 6 nitrogen and oxygen atoms in total. The van der Waals surface area contributed by atoms with Gasteiger partial charge in [0, 0.05) is 23.9 Å². The Hall–Kier alpha value is -2.93. The van der Waals surface area contributed by atoms with Crippen LogP contribution in [0.25, 0.3) is 0 Å². The zero-order chi connectivity index (χ0) is 19.8. The molecule has 0 aliphatic carbocycles. The molecule has 7 heteroatoms. The summed E-state index contributed by atoms with van der Waals surface area (Å²) >= 11 is 5.00. The Labute approximate surface area is 164 Å². The van der Waals surface area contributed by atoms with Gasteiger partial charge in [0.1, 0.15) is 5.75 Å². The predicted octanol–water partition coefficient (Wildman–Crippen LogP) is 3.95. The number of ether oxygens (including phenoxy) is 1. The summed E-state index contributed by atoms with van der Waals surface area (Å²) in [6, 6.07) is 14.0. The third-order valence-electron chi connectivity index (χ3n) is 3.72. The molecule has 0 bridgehead atoms. The van der Waals surface area contributed by atoms with Crippen LogP contribution in [-0.2, 0) is 4.79 Å². The predicted molar refractivity (Wildman–Crippen MR) is 111 cm³/mol. The lowest BCUT2D eigenvalue weighted by Crippen LogP contribution is -2.32. The minimum Gasteiger partial charge on any atom is -0.491 e. The van der Waals surface area contributed by atoms with E-state index >= 15 is 0 Å². The summed E-state index contributed by atoms with van der Waals surface area (Å²) in [7, 11) is 0. The van der Waals surface area contributed by atoms with Crippen LogP contribution in [0.4, 0.5) is 11.4 Å². The third kappa shape index (κ3) is 6.71. The second kappa shape index (κ2) is 9.68. The molecule has 1 unspecified atom stereocenters. The number of rotatable bonds is 6. The van der Waals surface area contributed by atoms with Crippen molar-refractivity contribution in [1.82, 2.24) is 5.32 Å². The van der Waals surface area contributed by atoms with E-state index in [2.05, 4.69) is 22.9 Å². The summed E-state index contributed by atoms with van der Waals surface area (Å²) < 4.78 is 5.71. The third-order valence-corrected chi connectivity index (χ3v) is 3.92. The van der Waals surface area contributed by atoms with E-state index in [9.17, 15) is 9.59 Å². The first-order valence-corrected chi connectivity index (χ1v) is 9.05. The number of hydrogen-bond donors (Lipinski definition) is 3. The maximum atomic E-state index is 12.4. The van der Waals surface area contributed by atoms with Gasteiger partial charge in [0.15, 0.2) is 5.11 Å². The van der Waals surface area contributed by atoms with E-state index in [0.717, 1.165) is 12.2 Å². The quantitative estimate of drug-likeness (QED) is 0.656. The highest BCUT2D eigenvalue weighted by atomic mass is 32.1. The Balaban J connectivity index is 1.93. The van der Waals surface area contributed by atoms with Gasteiger partial charge in [-0.25, -0.2) is 0 Å². The highest BCUT2D eigenvalue weighted by molar-refractivity contribution is 7.80. The molecular weight excluding hydrogens is 362 g/mol. The Kier molecular flexibility index (Phi) is 7.31. The van der Waals surface area contributed by atoms with E-state index in [1.165, 1.54) is 6.92 Å². The van der Waals surface area contributed by atoms with Crippen LogP contribution in [0.3, 0.4) is 0 Å². The molecule has 0 saturated heterocycles. The summed E-state index contributed by atoms with van der Waals surface area (Å²) in [6.07, 6.45) is 1.05. The summed E-state index contributed by atoms with van der Waals surface area (Å²) in [5, 5.41) is 8.42. The SMILES string of the molecule is CCC(C)Oc1ccc(C(=O)Nc2ccc(NC(=S)NC(C)=O)cc2)cc1. The smallest absolute Gasteiger partial charge is 0.255 e. The number of anilines is 2. The molecule has 3 N–H and O–H groups in total. The second-order valence-electron chi connectivity index (χ2n) is 6.03. The fraction of sp³-hybridized carbons (Fsp3) is 0.250. The number of amides is 2. The van der Waals surface area contributed by atoms with Gasteiger partial charge in [-0.1, -0.05) is 6.92 Å². The highest BCUT2D eigenvalue weighted by Gasteiger charge is 2.08. The first-order valence-electron chi connectivity index (χ1n) is 8.64. The summed E-state index contributed by atoms with van der Waals surface area (Å²) in [5.41, 5.74) is 1.90. The van der Waals surface area contributed by atoms with Gasteiger partial charge in [-0.2, -0.15) is 0 Å². The number of carbonyl (C=O) groups is 2. The molecule has 0 aliphatic heterocycles. The minimum atomic E-state index is -0.239. The van der Waals surface area contributed by atoms with Crippen molar-refractivity contribution < 1.29 is 14.3 Å². The molecule has 0 heterocycles. The van der Waals surface area contributed by atoms with Gasteiger partial charge in [-0.05, 0) is 74.1 Å². The van der Waals surface area contributed by atoms with E-state index in [1.807, 2.05) is 6.92 Å². The van der Waals surface area contributed by atoms with Crippen molar-refractivity contribution in [2.75, 3.05) is 10.6 Å². The molecule has 0 aliphatic rings. The normalized spacial score (nSPS) is 11.2. The van der Waals surface area contributed by atoms with Crippen LogP contribution >= 0.6 is 12.2 Å². The fourth-order valence-corrected chi connectivity index (χ4v) is 2.42. The Morgan fingerprint density at radius 3 is 2.07 bits per heavy atom. The van der Waals surface area contributed by atoms with Gasteiger partial charge < -0.3 is 20.7 Å². The van der Waals surface area contributed by atoms with E-state index in [1.54, 1.807) is 48.5 Å². The molecule has 2 aromatic rings. The van der Waals surface area contributed by atoms with E-state index in [0.29, 0.717) is 16.9 Å². The van der Waals surface area contributed by atoms with Gasteiger partial charge >= 0.3 is 0 Å². The van der Waals surface area contributed by atoms with E-state index in [-0.39, 0.29) is 23.0 Å². The zero-order valence-corrected chi connectivity index (χ0v) is 16.4. The highest BCUT2D eigenvalue weighted by Crippen LogP contribution is 2.17. The topological polar surface area (TPSA) is 79.5 Å². The van der Waals surface area contributed by atoms with Gasteiger partial charge in [0.25, 0.3) is 5.91 Å². The standard InChI is InChI=1S/C20H23N3O3S/c1-4-13(2)26-18-11-5-15(6-12-18)19(25)22-16-7-9-17(10-8-16)23-20(27)21-14(3)24/h5-13H,4H2,1-3H3,(H,22,25)(H2,21,23,24,27). The first kappa shape index (κ1) is 20.4. The number of hydrogen-bond acceptors (Lipinski definition) is 4. The van der Waals surface area contributed by atoms with Crippen LogP contribution in [-0.4, -0.2) is 23.0 Å². The van der Waals surface area contributed by atoms with Crippen molar-refractivity contribution in [3.8, 4) is 5.75 Å². The van der Waals surface area contributed by atoms with Gasteiger partial charge in [0.2, 0.25) is 5.91 Å². The molecule has 0 saturated carbocycles. The number of nitrogens with one attached hydrogen (secondary N) is 3. The number of thiocarbonyl (C=S) groups is 1. The first-order chi connectivity index (χ1) is 12.9. The average molecular weight is 385 g/mol. The molecule has 0 aromatic heterocycles. The summed E-state index contributed by atoms with van der Waals surface area (Å²) in [5.74, 6) is 0.294. The lowest BCUT2D eigenvalue weighted by atomic mass is 10.2. The monoisotopic (exact) mass is 385 g/mol. The maximum Gasteiger partial charge on any atom is 0.255 e. The summed E-state index contributed by atoms with van der Waals surface area (Å²) in [4.78, 5) is 23.3. The molecule has 0 spiro atoms. The van der Waals surface area contributed by atoms with Crippen molar-refractivity contribution in [2.45, 2.75) is 33.3 Å². The van der Waals surface area contributed by atoms with Crippen molar-refractivity contribution in [2.24, 2.45) is 0 Å². The van der Waals surface area contributed by atoms with Gasteiger partial charge in [-0.3, -0.25) is 9.59 Å². The molecule has 2 amide bonds. The number of carbonyl (C=O) groups excluding carboxylic acids is 2. The Bertz CT molecular complexity index is 804. The molecule has 27 heavy (non-hydrogen) atoms. The fourth-order valence-electron chi connectivity index (χ4n) is 2.16. The second-order valence-corrected chi connectivity index (χ2v) is 6.44. The molecule has 0 radical (unpaired) electrons. The Morgan fingerprint density at radius 1 is 1.00 bits per heavy atom. The van der Waals surface area contributed by atoms with Crippen LogP contribution in [0, 0.1) is 0 Å². The molecule has 1 atom stereocenters. The van der Waals surface area contributed by atoms with E-state index < -0.39 is 0 Å². The molecule has 142 valence electrons. The zero-order valence-electron chi connectivity index (χ0n) is 15.5. The van der Waals surface area contributed by atoms with Crippen LogP contribution in [0.5, 0.6) is 5.75 Å².